The van der Waals surface area contributed by atoms with Gasteiger partial charge in [-0.3, -0.25) is 24.8 Å². The van der Waals surface area contributed by atoms with Crippen molar-refractivity contribution in [1.29, 1.82) is 0 Å². The van der Waals surface area contributed by atoms with Gasteiger partial charge in [0.05, 0.1) is 16.5 Å². The first-order valence-electron chi connectivity index (χ1n) is 18.7. The minimum Gasteiger partial charge on any atom is -0.491 e. The standard InChI is InChI=1S/C39H55N2O10P/c1-2-3-4-5-6-7-8-9-10-11-12-13-14-15-16-20-31-47-32-39(33-48-36-21-18-17-19-22-36)51-52(46,49-37-27-23-34(24-28-37)40(42)43)50-38-29-25-35(26-30-38)41(44)45/h17-19,21-30,39H,2-16,20,31-33H2,1H3. The fourth-order valence-electron chi connectivity index (χ4n) is 5.54. The monoisotopic (exact) mass is 742 g/mol. The first-order chi connectivity index (χ1) is 25.3. The van der Waals surface area contributed by atoms with Crippen LogP contribution in [0.4, 0.5) is 11.4 Å². The van der Waals surface area contributed by atoms with Crippen LogP contribution in [0.5, 0.6) is 17.2 Å². The summed E-state index contributed by atoms with van der Waals surface area (Å²) in [4.78, 5) is 21.1. The number of para-hydroxylation sites is 1. The molecule has 0 aromatic heterocycles. The third-order valence-corrected chi connectivity index (χ3v) is 9.86. The maximum atomic E-state index is 14.2. The van der Waals surface area contributed by atoms with Crippen LogP contribution in [-0.2, 0) is 13.8 Å². The molecule has 0 fully saturated rings. The lowest BCUT2D eigenvalue weighted by Gasteiger charge is -2.24. The number of nitro benzene ring substituents is 2. The molecule has 0 saturated carbocycles. The van der Waals surface area contributed by atoms with E-state index >= 15 is 0 Å². The first kappa shape index (κ1) is 42.4. The number of hydrogen-bond donors (Lipinski definition) is 0. The van der Waals surface area contributed by atoms with E-state index in [2.05, 4.69) is 6.92 Å². The number of hydrogen-bond acceptors (Lipinski definition) is 10. The Hall–Kier alpha value is -3.99. The second kappa shape index (κ2) is 25.1. The van der Waals surface area contributed by atoms with Gasteiger partial charge in [-0.2, -0.15) is 0 Å². The zero-order valence-electron chi connectivity index (χ0n) is 30.4. The number of unbranched alkanes of at least 4 members (excludes halogenated alkanes) is 15. The van der Waals surface area contributed by atoms with E-state index in [-0.39, 0.29) is 36.1 Å². The predicted molar refractivity (Wildman–Crippen MR) is 202 cm³/mol. The van der Waals surface area contributed by atoms with Crippen molar-refractivity contribution in [2.75, 3.05) is 19.8 Å². The van der Waals surface area contributed by atoms with Crippen molar-refractivity contribution < 1.29 is 37.5 Å². The summed E-state index contributed by atoms with van der Waals surface area (Å²) in [6.07, 6.45) is 19.5. The van der Waals surface area contributed by atoms with Crippen LogP contribution in [-0.4, -0.2) is 35.8 Å². The van der Waals surface area contributed by atoms with Gasteiger partial charge in [-0.15, -0.1) is 0 Å². The van der Waals surface area contributed by atoms with Gasteiger partial charge in [-0.1, -0.05) is 121 Å². The minimum atomic E-state index is -4.51. The van der Waals surface area contributed by atoms with Crippen molar-refractivity contribution in [1.82, 2.24) is 0 Å². The van der Waals surface area contributed by atoms with Gasteiger partial charge in [0.25, 0.3) is 11.4 Å². The third-order valence-electron chi connectivity index (χ3n) is 8.43. The fourth-order valence-corrected chi connectivity index (χ4v) is 6.91. The van der Waals surface area contributed by atoms with Gasteiger partial charge in [-0.25, -0.2) is 4.57 Å². The van der Waals surface area contributed by atoms with Crippen LogP contribution in [0.25, 0.3) is 0 Å². The molecule has 0 bridgehead atoms. The highest BCUT2D eigenvalue weighted by Crippen LogP contribution is 2.51. The summed E-state index contributed by atoms with van der Waals surface area (Å²) in [5.74, 6) is 0.552. The Balaban J connectivity index is 1.49. The molecule has 0 aliphatic carbocycles. The Morgan fingerprint density at radius 2 is 0.981 bits per heavy atom. The SMILES string of the molecule is CCCCCCCCCCCCCCCCCCOCC(COc1ccccc1)OP(=O)(Oc1ccc([N+](=O)[O-])cc1)Oc1ccc([N+](=O)[O-])cc1. The molecule has 0 heterocycles. The number of ether oxygens (including phenoxy) is 2. The van der Waals surface area contributed by atoms with Crippen LogP contribution in [0.2, 0.25) is 0 Å². The molecule has 3 aromatic carbocycles. The van der Waals surface area contributed by atoms with E-state index in [1.807, 2.05) is 18.2 Å². The van der Waals surface area contributed by atoms with Crippen molar-refractivity contribution in [3.63, 3.8) is 0 Å². The van der Waals surface area contributed by atoms with Crippen LogP contribution in [0, 0.1) is 20.2 Å². The second-order valence-electron chi connectivity index (χ2n) is 12.9. The molecule has 3 rings (SSSR count). The van der Waals surface area contributed by atoms with Gasteiger partial charge in [0, 0.05) is 30.9 Å². The molecule has 0 N–H and O–H groups in total. The molecule has 0 radical (unpaired) electrons. The van der Waals surface area contributed by atoms with E-state index in [0.29, 0.717) is 12.4 Å². The average Bonchev–Trinajstić information content (AvgIpc) is 3.14. The normalized spacial score (nSPS) is 11.9. The fraction of sp³-hybridized carbons (Fsp3) is 0.538. The minimum absolute atomic E-state index is 0.00680. The summed E-state index contributed by atoms with van der Waals surface area (Å²) in [5, 5.41) is 22.3. The van der Waals surface area contributed by atoms with Crippen molar-refractivity contribution >= 4 is 19.2 Å². The molecule has 0 aliphatic heterocycles. The molecule has 0 aliphatic rings. The average molecular weight is 743 g/mol. The van der Waals surface area contributed by atoms with Crippen LogP contribution >= 0.6 is 7.82 Å². The first-order valence-corrected chi connectivity index (χ1v) is 20.2. The molecule has 1 atom stereocenters. The van der Waals surface area contributed by atoms with Gasteiger partial charge < -0.3 is 18.5 Å². The number of phosphoric acid groups is 1. The van der Waals surface area contributed by atoms with Crippen LogP contribution in [0.3, 0.4) is 0 Å². The van der Waals surface area contributed by atoms with Gasteiger partial charge in [0.1, 0.15) is 30.0 Å². The van der Waals surface area contributed by atoms with Crippen molar-refractivity contribution in [2.45, 2.75) is 116 Å². The van der Waals surface area contributed by atoms with E-state index in [0.717, 1.165) is 19.3 Å². The lowest BCUT2D eigenvalue weighted by molar-refractivity contribution is -0.385. The number of nitrogens with zero attached hydrogens (tertiary/aromatic N) is 2. The molecular formula is C39H55N2O10P. The quantitative estimate of drug-likeness (QED) is 0.0279. The molecule has 0 amide bonds. The predicted octanol–water partition coefficient (Wildman–Crippen LogP) is 11.8. The molecule has 3 aromatic rings. The van der Waals surface area contributed by atoms with Gasteiger partial charge in [0.2, 0.25) is 0 Å². The Morgan fingerprint density at radius 1 is 0.558 bits per heavy atom. The molecule has 13 heteroatoms. The molecule has 286 valence electrons. The molecule has 0 spiro atoms. The lowest BCUT2D eigenvalue weighted by atomic mass is 10.0. The molecule has 12 nitrogen and oxygen atoms in total. The lowest BCUT2D eigenvalue weighted by Crippen LogP contribution is -2.28. The Kier molecular flexibility index (Phi) is 20.4. The summed E-state index contributed by atoms with van der Waals surface area (Å²) in [5.41, 5.74) is -0.369. The third kappa shape index (κ3) is 18.0. The van der Waals surface area contributed by atoms with E-state index in [1.54, 1.807) is 12.1 Å². The zero-order valence-corrected chi connectivity index (χ0v) is 31.3. The summed E-state index contributed by atoms with van der Waals surface area (Å²) < 4.78 is 43.3. The second-order valence-corrected chi connectivity index (χ2v) is 14.3. The van der Waals surface area contributed by atoms with Gasteiger partial charge in [0.15, 0.2) is 0 Å². The largest absolute Gasteiger partial charge is 0.588 e. The number of nitro groups is 2. The van der Waals surface area contributed by atoms with E-state index in [1.165, 1.54) is 132 Å². The number of rotatable bonds is 30. The van der Waals surface area contributed by atoms with E-state index < -0.39 is 23.8 Å². The van der Waals surface area contributed by atoms with Crippen LogP contribution in [0.1, 0.15) is 110 Å². The summed E-state index contributed by atoms with van der Waals surface area (Å²) in [7, 11) is -4.51. The van der Waals surface area contributed by atoms with Gasteiger partial charge in [-0.05, 0) is 42.8 Å². The van der Waals surface area contributed by atoms with Gasteiger partial charge >= 0.3 is 7.82 Å². The summed E-state index contributed by atoms with van der Waals surface area (Å²) in [6.45, 7) is 2.69. The topological polar surface area (TPSA) is 150 Å². The smallest absolute Gasteiger partial charge is 0.491 e. The Bertz CT molecular complexity index is 1390. The molecule has 0 saturated heterocycles. The number of non-ortho nitro benzene ring substituents is 2. The Morgan fingerprint density at radius 3 is 1.40 bits per heavy atom. The maximum absolute atomic E-state index is 14.2. The molecule has 52 heavy (non-hydrogen) atoms. The van der Waals surface area contributed by atoms with Crippen molar-refractivity contribution in [2.24, 2.45) is 0 Å². The highest BCUT2D eigenvalue weighted by Gasteiger charge is 2.36. The van der Waals surface area contributed by atoms with Crippen molar-refractivity contribution in [3.05, 3.63) is 99.1 Å². The summed E-state index contributed by atoms with van der Waals surface area (Å²) >= 11 is 0. The van der Waals surface area contributed by atoms with Crippen molar-refractivity contribution in [3.8, 4) is 17.2 Å². The molecule has 1 unspecified atom stereocenters. The maximum Gasteiger partial charge on any atom is 0.588 e. The highest BCUT2D eigenvalue weighted by molar-refractivity contribution is 7.49. The Labute approximate surface area is 308 Å². The van der Waals surface area contributed by atoms with Crippen LogP contribution in [0.15, 0.2) is 78.9 Å². The zero-order chi connectivity index (χ0) is 37.3. The molecular weight excluding hydrogens is 687 g/mol. The highest BCUT2D eigenvalue weighted by atomic mass is 31.2. The van der Waals surface area contributed by atoms with E-state index in [9.17, 15) is 24.8 Å². The van der Waals surface area contributed by atoms with Crippen LogP contribution < -0.4 is 13.8 Å². The van der Waals surface area contributed by atoms with E-state index in [4.69, 9.17) is 23.0 Å². The summed E-state index contributed by atoms with van der Waals surface area (Å²) in [6, 6.07) is 18.9. The number of benzene rings is 3. The number of phosphoric ester groups is 1.